The van der Waals surface area contributed by atoms with E-state index < -0.39 is 0 Å². The van der Waals surface area contributed by atoms with Crippen molar-refractivity contribution in [2.75, 3.05) is 38.0 Å². The van der Waals surface area contributed by atoms with Gasteiger partial charge in [0.25, 0.3) is 0 Å². The van der Waals surface area contributed by atoms with Crippen LogP contribution in [0.5, 0.6) is 0 Å². The van der Waals surface area contributed by atoms with E-state index in [1.165, 1.54) is 0 Å². The van der Waals surface area contributed by atoms with Gasteiger partial charge in [-0.05, 0) is 36.4 Å². The van der Waals surface area contributed by atoms with Crippen LogP contribution in [0.15, 0.2) is 52.5 Å². The molecule has 1 N–H and O–H groups in total. The summed E-state index contributed by atoms with van der Waals surface area (Å²) < 4.78 is 5.40. The molecule has 0 saturated carbocycles. The Kier molecular flexibility index (Phi) is 6.07. The molecular weight excluding hydrogens is 396 g/mol. The molecule has 4 rings (SSSR count). The molecule has 1 aliphatic heterocycles. The van der Waals surface area contributed by atoms with Crippen molar-refractivity contribution < 1.29 is 9.21 Å². The average Bonchev–Trinajstić information content (AvgIpc) is 3.37. The van der Waals surface area contributed by atoms with Crippen molar-refractivity contribution in [1.82, 2.24) is 14.8 Å². The molecule has 1 fully saturated rings. The van der Waals surface area contributed by atoms with Gasteiger partial charge in [0, 0.05) is 42.3 Å². The van der Waals surface area contributed by atoms with Crippen LogP contribution in [-0.4, -0.2) is 53.4 Å². The fraction of sp³-hybridized carbons (Fsp3) is 0.300. The van der Waals surface area contributed by atoms with Gasteiger partial charge in [-0.3, -0.25) is 14.6 Å². The minimum absolute atomic E-state index is 0.00112. The van der Waals surface area contributed by atoms with E-state index in [2.05, 4.69) is 20.1 Å². The first kappa shape index (κ1) is 19.1. The second-order valence-electron chi connectivity index (χ2n) is 6.71. The molecule has 1 aromatic carbocycles. The molecule has 0 aliphatic carbocycles. The molecule has 3 aromatic rings. The second-order valence-corrected chi connectivity index (χ2v) is 8.09. The van der Waals surface area contributed by atoms with Gasteiger partial charge in [-0.2, -0.15) is 0 Å². The molecule has 28 heavy (non-hydrogen) atoms. The summed E-state index contributed by atoms with van der Waals surface area (Å²) in [4.78, 5) is 21.5. The summed E-state index contributed by atoms with van der Waals surface area (Å²) in [6.07, 6.45) is 1.66. The van der Waals surface area contributed by atoms with Gasteiger partial charge in [-0.15, -0.1) is 11.3 Å². The van der Waals surface area contributed by atoms with Crippen molar-refractivity contribution in [2.24, 2.45) is 0 Å². The molecule has 0 atom stereocenters. The number of aromatic nitrogens is 1. The molecule has 0 radical (unpaired) electrons. The first-order valence-electron chi connectivity index (χ1n) is 9.14. The molecule has 146 valence electrons. The number of halogens is 1. The lowest BCUT2D eigenvalue weighted by Crippen LogP contribution is -2.48. The summed E-state index contributed by atoms with van der Waals surface area (Å²) >= 11 is 7.52. The second kappa shape index (κ2) is 8.87. The minimum atomic E-state index is -0.00112. The lowest BCUT2D eigenvalue weighted by Gasteiger charge is -2.33. The molecule has 0 spiro atoms. The highest BCUT2D eigenvalue weighted by molar-refractivity contribution is 7.09. The number of carbonyl (C=O) groups excluding carboxylic acids is 1. The molecule has 6 nitrogen and oxygen atoms in total. The molecule has 3 heterocycles. The summed E-state index contributed by atoms with van der Waals surface area (Å²) in [5.74, 6) is 0.804. The van der Waals surface area contributed by atoms with Crippen LogP contribution in [0.1, 0.15) is 5.01 Å². The van der Waals surface area contributed by atoms with Crippen LogP contribution >= 0.6 is 22.9 Å². The van der Waals surface area contributed by atoms with E-state index in [1.54, 1.807) is 29.7 Å². The van der Waals surface area contributed by atoms with Crippen molar-refractivity contribution in [3.8, 4) is 11.5 Å². The predicted molar refractivity (Wildman–Crippen MR) is 112 cm³/mol. The van der Waals surface area contributed by atoms with Crippen molar-refractivity contribution in [3.63, 3.8) is 0 Å². The topological polar surface area (TPSA) is 61.6 Å². The highest BCUT2D eigenvalue weighted by Crippen LogP contribution is 2.23. The zero-order chi connectivity index (χ0) is 19.3. The molecule has 0 unspecified atom stereocenters. The molecule has 2 aromatic heterocycles. The number of carbonyl (C=O) groups is 1. The Labute approximate surface area is 172 Å². The smallest absolute Gasteiger partial charge is 0.238 e. The van der Waals surface area contributed by atoms with Crippen molar-refractivity contribution in [1.29, 1.82) is 0 Å². The molecule has 1 aliphatic rings. The summed E-state index contributed by atoms with van der Waals surface area (Å²) in [6.45, 7) is 4.80. The van der Waals surface area contributed by atoms with Gasteiger partial charge in [-0.1, -0.05) is 11.6 Å². The Morgan fingerprint density at radius 2 is 1.89 bits per heavy atom. The number of benzene rings is 1. The molecule has 1 saturated heterocycles. The van der Waals surface area contributed by atoms with Crippen molar-refractivity contribution >= 4 is 34.5 Å². The third-order valence-electron chi connectivity index (χ3n) is 4.64. The van der Waals surface area contributed by atoms with Gasteiger partial charge in [0.2, 0.25) is 5.91 Å². The van der Waals surface area contributed by atoms with Crippen LogP contribution in [0.4, 0.5) is 5.69 Å². The number of thiazole rings is 1. The number of piperazine rings is 1. The van der Waals surface area contributed by atoms with Gasteiger partial charge in [0.05, 0.1) is 19.4 Å². The number of anilines is 1. The van der Waals surface area contributed by atoms with E-state index in [0.29, 0.717) is 11.6 Å². The van der Waals surface area contributed by atoms with Crippen molar-refractivity contribution in [2.45, 2.75) is 6.54 Å². The predicted octanol–water partition coefficient (Wildman–Crippen LogP) is 3.81. The van der Waals surface area contributed by atoms with Gasteiger partial charge < -0.3 is 9.73 Å². The zero-order valence-electron chi connectivity index (χ0n) is 15.3. The Hall–Kier alpha value is -2.19. The quantitative estimate of drug-likeness (QED) is 0.662. The van der Waals surface area contributed by atoms with E-state index in [9.17, 15) is 4.79 Å². The maximum atomic E-state index is 12.2. The van der Waals surface area contributed by atoms with Gasteiger partial charge in [0.1, 0.15) is 10.7 Å². The lowest BCUT2D eigenvalue weighted by molar-refractivity contribution is -0.117. The monoisotopic (exact) mass is 416 g/mol. The third-order valence-corrected chi connectivity index (χ3v) is 5.73. The maximum absolute atomic E-state index is 12.2. The average molecular weight is 417 g/mol. The number of amides is 1. The summed E-state index contributed by atoms with van der Waals surface area (Å²) in [6, 6.07) is 11.0. The van der Waals surface area contributed by atoms with Crippen LogP contribution in [0, 0.1) is 0 Å². The van der Waals surface area contributed by atoms with Crippen LogP contribution in [0.2, 0.25) is 5.02 Å². The van der Waals surface area contributed by atoms with E-state index in [-0.39, 0.29) is 5.91 Å². The van der Waals surface area contributed by atoms with Gasteiger partial charge >= 0.3 is 0 Å². The summed E-state index contributed by atoms with van der Waals surface area (Å²) in [7, 11) is 0. The Morgan fingerprint density at radius 1 is 1.14 bits per heavy atom. The van der Waals surface area contributed by atoms with Crippen LogP contribution < -0.4 is 5.32 Å². The first-order valence-corrected chi connectivity index (χ1v) is 10.4. The largest absolute Gasteiger partial charge is 0.463 e. The van der Waals surface area contributed by atoms with E-state index in [0.717, 1.165) is 54.9 Å². The third kappa shape index (κ3) is 4.99. The van der Waals surface area contributed by atoms with E-state index >= 15 is 0 Å². The SMILES string of the molecule is O=C(CN1CCN(Cc2nc(-c3ccco3)cs2)CC1)Nc1ccc(Cl)cc1. The van der Waals surface area contributed by atoms with E-state index in [1.807, 2.05) is 29.6 Å². The minimum Gasteiger partial charge on any atom is -0.463 e. The number of furan rings is 1. The van der Waals surface area contributed by atoms with Gasteiger partial charge in [-0.25, -0.2) is 4.98 Å². The zero-order valence-corrected chi connectivity index (χ0v) is 16.9. The molecular formula is C20H21ClN4O2S. The number of hydrogen-bond donors (Lipinski definition) is 1. The van der Waals surface area contributed by atoms with Crippen LogP contribution in [-0.2, 0) is 11.3 Å². The highest BCUT2D eigenvalue weighted by Gasteiger charge is 2.20. The molecule has 8 heteroatoms. The number of nitrogens with one attached hydrogen (secondary N) is 1. The molecule has 0 bridgehead atoms. The fourth-order valence-corrected chi connectivity index (χ4v) is 4.11. The highest BCUT2D eigenvalue weighted by atomic mass is 35.5. The van der Waals surface area contributed by atoms with Crippen molar-refractivity contribution in [3.05, 3.63) is 58.1 Å². The summed E-state index contributed by atoms with van der Waals surface area (Å²) in [5, 5.41) is 6.69. The normalized spacial score (nSPS) is 15.6. The lowest BCUT2D eigenvalue weighted by atomic mass is 10.3. The Balaban J connectivity index is 1.22. The van der Waals surface area contributed by atoms with E-state index in [4.69, 9.17) is 16.0 Å². The number of rotatable bonds is 6. The Bertz CT molecular complexity index is 903. The molecule has 1 amide bonds. The first-order chi connectivity index (χ1) is 13.7. The standard InChI is InChI=1S/C20H21ClN4O2S/c21-15-3-5-16(6-4-15)22-19(26)12-24-7-9-25(10-8-24)13-20-23-17(14-28-20)18-2-1-11-27-18/h1-6,11,14H,7-10,12-13H2,(H,22,26). The van der Waals surface area contributed by atoms with Gasteiger partial charge in [0.15, 0.2) is 5.76 Å². The number of nitrogens with zero attached hydrogens (tertiary/aromatic N) is 3. The Morgan fingerprint density at radius 3 is 2.61 bits per heavy atom. The van der Waals surface area contributed by atoms with Crippen LogP contribution in [0.25, 0.3) is 11.5 Å². The fourth-order valence-electron chi connectivity index (χ4n) is 3.15. The van der Waals surface area contributed by atoms with Crippen LogP contribution in [0.3, 0.4) is 0 Å². The summed E-state index contributed by atoms with van der Waals surface area (Å²) in [5.41, 5.74) is 1.66. The maximum Gasteiger partial charge on any atom is 0.238 e. The number of hydrogen-bond acceptors (Lipinski definition) is 6.